The molecule has 0 aliphatic carbocycles. The lowest BCUT2D eigenvalue weighted by Crippen LogP contribution is -2.29. The number of methoxy groups -OCH3 is 2. The summed E-state index contributed by atoms with van der Waals surface area (Å²) in [6.45, 7) is 4.42. The first-order valence-electron chi connectivity index (χ1n) is 16.6. The van der Waals surface area contributed by atoms with Crippen molar-refractivity contribution in [2.45, 2.75) is 77.2 Å². The Hall–Kier alpha value is -4.08. The van der Waals surface area contributed by atoms with E-state index < -0.39 is 5.60 Å². The normalized spacial score (nSPS) is 12.6. The summed E-state index contributed by atoms with van der Waals surface area (Å²) < 4.78 is 11.2. The molecule has 1 N–H and O–H groups in total. The topological polar surface area (TPSA) is 38.7 Å². The zero-order valence-corrected chi connectivity index (χ0v) is 27.4. The highest BCUT2D eigenvalue weighted by Gasteiger charge is 2.36. The highest BCUT2D eigenvalue weighted by molar-refractivity contribution is 5.93. The maximum absolute atomic E-state index is 13.0. The fraction of sp³-hybridized carbons (Fsp3) is 0.333. The van der Waals surface area contributed by atoms with Crippen molar-refractivity contribution in [2.75, 3.05) is 14.2 Å². The Balaban J connectivity index is 1.51. The van der Waals surface area contributed by atoms with E-state index in [1.54, 1.807) is 14.2 Å². The van der Waals surface area contributed by atoms with Gasteiger partial charge >= 0.3 is 0 Å². The van der Waals surface area contributed by atoms with Crippen LogP contribution in [0.1, 0.15) is 86.1 Å². The Morgan fingerprint density at radius 3 is 1.89 bits per heavy atom. The van der Waals surface area contributed by atoms with Crippen molar-refractivity contribution in [1.82, 2.24) is 0 Å². The molecule has 0 saturated heterocycles. The number of rotatable bonds is 15. The molecule has 3 heteroatoms. The second kappa shape index (κ2) is 15.3. The van der Waals surface area contributed by atoms with Gasteiger partial charge in [-0.2, -0.15) is 0 Å². The van der Waals surface area contributed by atoms with Gasteiger partial charge in [0.05, 0.1) is 14.2 Å². The number of ether oxygens (including phenoxy) is 2. The molecule has 0 aliphatic heterocycles. The molecule has 0 amide bonds. The summed E-state index contributed by atoms with van der Waals surface area (Å²) in [5.41, 5.74) is 5.56. The number of aryl methyl sites for hydroxylation is 2. The second-order valence-electron chi connectivity index (χ2n) is 12.2. The van der Waals surface area contributed by atoms with E-state index >= 15 is 0 Å². The van der Waals surface area contributed by atoms with Gasteiger partial charge in [-0.15, -0.1) is 0 Å². The minimum Gasteiger partial charge on any atom is -0.497 e. The van der Waals surface area contributed by atoms with E-state index in [4.69, 9.17) is 9.47 Å². The van der Waals surface area contributed by atoms with Gasteiger partial charge in [0.15, 0.2) is 0 Å². The Labute approximate surface area is 269 Å². The summed E-state index contributed by atoms with van der Waals surface area (Å²) in [7, 11) is 3.37. The zero-order chi connectivity index (χ0) is 31.6. The molecule has 5 rings (SSSR count). The van der Waals surface area contributed by atoms with E-state index in [1.807, 2.05) is 48.5 Å². The fourth-order valence-corrected chi connectivity index (χ4v) is 6.60. The van der Waals surface area contributed by atoms with Gasteiger partial charge in [0.2, 0.25) is 0 Å². The summed E-state index contributed by atoms with van der Waals surface area (Å²) in [5, 5.41) is 15.3. The van der Waals surface area contributed by atoms with Crippen LogP contribution in [0.5, 0.6) is 11.5 Å². The average Bonchev–Trinajstić information content (AvgIpc) is 3.09. The first-order chi connectivity index (χ1) is 22.0. The third kappa shape index (κ3) is 7.26. The van der Waals surface area contributed by atoms with Crippen LogP contribution < -0.4 is 9.47 Å². The molecule has 0 bridgehead atoms. The molecule has 0 saturated carbocycles. The Kier molecular flexibility index (Phi) is 11.0. The number of benzene rings is 5. The molecular formula is C42H48O3. The van der Waals surface area contributed by atoms with Crippen molar-refractivity contribution in [1.29, 1.82) is 0 Å². The summed E-state index contributed by atoms with van der Waals surface area (Å²) in [6.07, 6.45) is 11.6. The molecule has 0 spiro atoms. The summed E-state index contributed by atoms with van der Waals surface area (Å²) in [4.78, 5) is 0. The molecule has 0 fully saturated rings. The van der Waals surface area contributed by atoms with Crippen LogP contribution in [0, 0.1) is 6.92 Å². The van der Waals surface area contributed by atoms with Gasteiger partial charge in [-0.3, -0.25) is 0 Å². The van der Waals surface area contributed by atoms with Crippen LogP contribution in [0.25, 0.3) is 21.9 Å². The lowest BCUT2D eigenvalue weighted by molar-refractivity contribution is 0.126. The van der Waals surface area contributed by atoms with Crippen molar-refractivity contribution < 1.29 is 14.6 Å². The van der Waals surface area contributed by atoms with Crippen LogP contribution in [0.3, 0.4) is 0 Å². The first kappa shape index (κ1) is 32.3. The summed E-state index contributed by atoms with van der Waals surface area (Å²) >= 11 is 0. The van der Waals surface area contributed by atoms with Crippen LogP contribution in [0.15, 0.2) is 103 Å². The Bertz CT molecular complexity index is 1670. The number of hydrogen-bond donors (Lipinski definition) is 1. The maximum Gasteiger partial charge on any atom is 0.141 e. The Morgan fingerprint density at radius 1 is 0.600 bits per heavy atom. The second-order valence-corrected chi connectivity index (χ2v) is 12.2. The monoisotopic (exact) mass is 600 g/mol. The van der Waals surface area contributed by atoms with Crippen LogP contribution in [-0.4, -0.2) is 19.3 Å². The molecule has 0 radical (unpaired) electrons. The van der Waals surface area contributed by atoms with E-state index in [0.29, 0.717) is 5.75 Å². The van der Waals surface area contributed by atoms with Gasteiger partial charge in [-0.25, -0.2) is 0 Å². The third-order valence-electron chi connectivity index (χ3n) is 9.29. The number of aliphatic hydroxyl groups is 1. The molecular weight excluding hydrogens is 552 g/mol. The van der Waals surface area contributed by atoms with Crippen molar-refractivity contribution in [2.24, 2.45) is 0 Å². The molecule has 0 heterocycles. The molecule has 0 aromatic heterocycles. The molecule has 1 unspecified atom stereocenters. The molecule has 234 valence electrons. The van der Waals surface area contributed by atoms with Crippen LogP contribution in [0.4, 0.5) is 0 Å². The molecule has 1 atom stereocenters. The SMILES string of the molecule is CCCCCCCCCCc1ccc(C(O)(c2ccccc2)c2cc(OC)ccc2-c2ccc3cc(OC)ccc3c2C)cc1. The van der Waals surface area contributed by atoms with Crippen molar-refractivity contribution >= 4 is 10.8 Å². The number of unbranched alkanes of at least 4 members (excludes halogenated alkanes) is 7. The third-order valence-corrected chi connectivity index (χ3v) is 9.29. The summed E-state index contributed by atoms with van der Waals surface area (Å²) in [5.74, 6) is 1.54. The molecule has 5 aromatic rings. The fourth-order valence-electron chi connectivity index (χ4n) is 6.60. The van der Waals surface area contributed by atoms with Crippen LogP contribution in [-0.2, 0) is 12.0 Å². The molecule has 3 nitrogen and oxygen atoms in total. The highest BCUT2D eigenvalue weighted by atomic mass is 16.5. The van der Waals surface area contributed by atoms with Gasteiger partial charge in [0.25, 0.3) is 0 Å². The smallest absolute Gasteiger partial charge is 0.141 e. The average molecular weight is 601 g/mol. The summed E-state index contributed by atoms with van der Waals surface area (Å²) in [6, 6.07) is 35.1. The van der Waals surface area contributed by atoms with Gasteiger partial charge in [0, 0.05) is 5.56 Å². The van der Waals surface area contributed by atoms with Gasteiger partial charge < -0.3 is 14.6 Å². The predicted octanol–water partition coefficient (Wildman–Crippen LogP) is 10.8. The van der Waals surface area contributed by atoms with E-state index in [0.717, 1.165) is 56.3 Å². The maximum atomic E-state index is 13.0. The van der Waals surface area contributed by atoms with E-state index in [-0.39, 0.29) is 0 Å². The van der Waals surface area contributed by atoms with Gasteiger partial charge in [0.1, 0.15) is 17.1 Å². The number of fused-ring (bicyclic) bond motifs is 1. The predicted molar refractivity (Wildman–Crippen MR) is 189 cm³/mol. The lowest BCUT2D eigenvalue weighted by Gasteiger charge is -2.33. The first-order valence-corrected chi connectivity index (χ1v) is 16.6. The van der Waals surface area contributed by atoms with E-state index in [1.165, 1.54) is 56.9 Å². The van der Waals surface area contributed by atoms with Crippen molar-refractivity contribution in [3.63, 3.8) is 0 Å². The molecule has 5 aromatic carbocycles. The zero-order valence-electron chi connectivity index (χ0n) is 27.4. The van der Waals surface area contributed by atoms with Crippen molar-refractivity contribution in [3.8, 4) is 22.6 Å². The largest absolute Gasteiger partial charge is 0.497 e. The van der Waals surface area contributed by atoms with Crippen LogP contribution in [0.2, 0.25) is 0 Å². The quantitative estimate of drug-likeness (QED) is 0.0959. The molecule has 45 heavy (non-hydrogen) atoms. The highest BCUT2D eigenvalue weighted by Crippen LogP contribution is 2.44. The number of hydrogen-bond acceptors (Lipinski definition) is 3. The van der Waals surface area contributed by atoms with E-state index in [2.05, 4.69) is 68.4 Å². The van der Waals surface area contributed by atoms with Crippen molar-refractivity contribution in [3.05, 3.63) is 131 Å². The molecule has 0 aliphatic rings. The van der Waals surface area contributed by atoms with Gasteiger partial charge in [-0.05, 0) is 88.2 Å². The minimum atomic E-state index is -1.40. The lowest BCUT2D eigenvalue weighted by atomic mass is 9.76. The standard InChI is InChI=1S/C42H48O3/c1-5-6-7-8-9-10-11-13-16-32-19-22-35(23-20-32)42(43,34-17-14-12-15-18-34)41-30-37(45-4)25-28-40(41)39-26-21-33-29-36(44-3)24-27-38(33)31(39)2/h12,14-15,17-30,43H,5-11,13,16H2,1-4H3. The minimum absolute atomic E-state index is 0.706. The van der Waals surface area contributed by atoms with Crippen LogP contribution >= 0.6 is 0 Å². The van der Waals surface area contributed by atoms with Gasteiger partial charge in [-0.1, -0.05) is 131 Å². The Morgan fingerprint density at radius 2 is 1.20 bits per heavy atom. The van der Waals surface area contributed by atoms with E-state index in [9.17, 15) is 5.11 Å².